The number of amides is 3. The summed E-state index contributed by atoms with van der Waals surface area (Å²) in [6.45, 7) is 7.69. The number of aryl methyl sites for hydroxylation is 1. The Balaban J connectivity index is 1.34. The minimum absolute atomic E-state index is 0.0466. The first-order valence-electron chi connectivity index (χ1n) is 12.1. The molecule has 0 aromatic heterocycles. The standard InChI is InChI=1S/C26H37N3O3/c1-15(2)23(24(31)27-14-22(30)28-21-7-5-6-16(3)17(21)4)29-25(32)26-11-18-8-19(12-26)10-20(9-18)13-26/h5-7,15,18-20,23H,8-14H2,1-4H3,(H,27,31)(H,28,30)(H,29,32). The van der Waals surface area contributed by atoms with E-state index in [-0.39, 0.29) is 35.6 Å². The molecule has 4 fully saturated rings. The second kappa shape index (κ2) is 8.87. The van der Waals surface area contributed by atoms with Gasteiger partial charge in [0.1, 0.15) is 6.04 Å². The summed E-state index contributed by atoms with van der Waals surface area (Å²) in [6.07, 6.45) is 6.73. The highest BCUT2D eigenvalue weighted by Crippen LogP contribution is 2.60. The van der Waals surface area contributed by atoms with Gasteiger partial charge >= 0.3 is 0 Å². The van der Waals surface area contributed by atoms with Gasteiger partial charge in [-0.3, -0.25) is 14.4 Å². The Morgan fingerprint density at radius 1 is 1.00 bits per heavy atom. The molecular formula is C26H37N3O3. The van der Waals surface area contributed by atoms with Crippen molar-refractivity contribution in [1.29, 1.82) is 0 Å². The number of carbonyl (C=O) groups is 3. The molecule has 0 heterocycles. The van der Waals surface area contributed by atoms with Crippen LogP contribution in [0.15, 0.2) is 18.2 Å². The van der Waals surface area contributed by atoms with Crippen LogP contribution >= 0.6 is 0 Å². The fourth-order valence-corrected chi connectivity index (χ4v) is 6.58. The summed E-state index contributed by atoms with van der Waals surface area (Å²) in [5.74, 6) is 1.43. The number of nitrogens with one attached hydrogen (secondary N) is 3. The van der Waals surface area contributed by atoms with E-state index in [4.69, 9.17) is 0 Å². The molecule has 6 heteroatoms. The van der Waals surface area contributed by atoms with Crippen molar-refractivity contribution in [1.82, 2.24) is 10.6 Å². The van der Waals surface area contributed by atoms with Crippen molar-refractivity contribution in [2.45, 2.75) is 72.3 Å². The number of rotatable bonds is 7. The predicted molar refractivity (Wildman–Crippen MR) is 125 cm³/mol. The molecule has 174 valence electrons. The first kappa shape index (κ1) is 22.8. The van der Waals surface area contributed by atoms with Gasteiger partial charge in [0, 0.05) is 11.1 Å². The monoisotopic (exact) mass is 439 g/mol. The maximum absolute atomic E-state index is 13.4. The van der Waals surface area contributed by atoms with Crippen LogP contribution < -0.4 is 16.0 Å². The molecule has 1 aromatic rings. The molecule has 0 saturated heterocycles. The Morgan fingerprint density at radius 3 is 2.16 bits per heavy atom. The van der Waals surface area contributed by atoms with Gasteiger partial charge in [0.05, 0.1) is 6.54 Å². The molecule has 4 bridgehead atoms. The zero-order valence-corrected chi connectivity index (χ0v) is 19.8. The molecule has 6 nitrogen and oxygen atoms in total. The van der Waals surface area contributed by atoms with Crippen molar-refractivity contribution >= 4 is 23.4 Å². The molecule has 1 unspecified atom stereocenters. The van der Waals surface area contributed by atoms with Crippen molar-refractivity contribution < 1.29 is 14.4 Å². The van der Waals surface area contributed by atoms with Crippen LogP contribution in [0.5, 0.6) is 0 Å². The average Bonchev–Trinajstić information content (AvgIpc) is 2.72. The van der Waals surface area contributed by atoms with E-state index in [1.165, 1.54) is 19.3 Å². The first-order chi connectivity index (χ1) is 15.2. The molecule has 0 radical (unpaired) electrons. The summed E-state index contributed by atoms with van der Waals surface area (Å²) in [5.41, 5.74) is 2.57. The molecule has 4 aliphatic carbocycles. The highest BCUT2D eigenvalue weighted by atomic mass is 16.2. The molecule has 1 atom stereocenters. The molecule has 32 heavy (non-hydrogen) atoms. The van der Waals surface area contributed by atoms with Crippen LogP contribution in [0, 0.1) is 42.9 Å². The second-order valence-corrected chi connectivity index (χ2v) is 10.9. The van der Waals surface area contributed by atoms with Gasteiger partial charge in [-0.1, -0.05) is 26.0 Å². The summed E-state index contributed by atoms with van der Waals surface area (Å²) >= 11 is 0. The molecule has 0 aliphatic heterocycles. The van der Waals surface area contributed by atoms with E-state index in [9.17, 15) is 14.4 Å². The second-order valence-electron chi connectivity index (χ2n) is 10.9. The smallest absolute Gasteiger partial charge is 0.243 e. The van der Waals surface area contributed by atoms with Gasteiger partial charge in [-0.2, -0.15) is 0 Å². The number of benzene rings is 1. The van der Waals surface area contributed by atoms with E-state index in [0.29, 0.717) is 17.8 Å². The molecule has 0 spiro atoms. The van der Waals surface area contributed by atoms with Crippen LogP contribution in [0.3, 0.4) is 0 Å². The van der Waals surface area contributed by atoms with Crippen molar-refractivity contribution in [3.63, 3.8) is 0 Å². The number of hydrogen-bond acceptors (Lipinski definition) is 3. The summed E-state index contributed by atoms with van der Waals surface area (Å²) < 4.78 is 0. The third kappa shape index (κ3) is 4.55. The third-order valence-corrected chi connectivity index (χ3v) is 8.06. The van der Waals surface area contributed by atoms with Gasteiger partial charge < -0.3 is 16.0 Å². The maximum atomic E-state index is 13.4. The van der Waals surface area contributed by atoms with Gasteiger partial charge in [-0.25, -0.2) is 0 Å². The van der Waals surface area contributed by atoms with E-state index in [2.05, 4.69) is 16.0 Å². The van der Waals surface area contributed by atoms with Gasteiger partial charge in [-0.05, 0) is 93.2 Å². The molecule has 1 aromatic carbocycles. The van der Waals surface area contributed by atoms with Gasteiger partial charge in [0.15, 0.2) is 0 Å². The molecule has 3 amide bonds. The SMILES string of the molecule is Cc1cccc(NC(=O)CNC(=O)C(NC(=O)C23CC4CC(CC(C4)C2)C3)C(C)C)c1C. The minimum Gasteiger partial charge on any atom is -0.345 e. The van der Waals surface area contributed by atoms with Crippen LogP contribution in [0.1, 0.15) is 63.5 Å². The summed E-state index contributed by atoms with van der Waals surface area (Å²) in [6, 6.07) is 5.10. The van der Waals surface area contributed by atoms with E-state index < -0.39 is 6.04 Å². The highest BCUT2D eigenvalue weighted by molar-refractivity contribution is 5.97. The highest BCUT2D eigenvalue weighted by Gasteiger charge is 2.55. The lowest BCUT2D eigenvalue weighted by molar-refractivity contribution is -0.149. The average molecular weight is 440 g/mol. The zero-order valence-electron chi connectivity index (χ0n) is 19.8. The number of anilines is 1. The molecule has 3 N–H and O–H groups in total. The molecular weight excluding hydrogens is 402 g/mol. The van der Waals surface area contributed by atoms with Crippen molar-refractivity contribution in [3.05, 3.63) is 29.3 Å². The van der Waals surface area contributed by atoms with Gasteiger partial charge in [0.25, 0.3) is 0 Å². The minimum atomic E-state index is -0.635. The van der Waals surface area contributed by atoms with E-state index in [1.54, 1.807) is 0 Å². The zero-order chi connectivity index (χ0) is 23.0. The fourth-order valence-electron chi connectivity index (χ4n) is 6.58. The Labute approximate surface area is 191 Å². The van der Waals surface area contributed by atoms with Crippen LogP contribution in [-0.2, 0) is 14.4 Å². The Hall–Kier alpha value is -2.37. The molecule has 4 aliphatic rings. The van der Waals surface area contributed by atoms with Gasteiger partial charge in [-0.15, -0.1) is 0 Å². The largest absolute Gasteiger partial charge is 0.345 e. The van der Waals surface area contributed by atoms with Crippen molar-refractivity contribution in [2.75, 3.05) is 11.9 Å². The van der Waals surface area contributed by atoms with Crippen LogP contribution in [0.4, 0.5) is 5.69 Å². The number of carbonyl (C=O) groups excluding carboxylic acids is 3. The van der Waals surface area contributed by atoms with Crippen LogP contribution in [-0.4, -0.2) is 30.3 Å². The van der Waals surface area contributed by atoms with E-state index >= 15 is 0 Å². The summed E-state index contributed by atoms with van der Waals surface area (Å²) in [4.78, 5) is 38.7. The molecule has 5 rings (SSSR count). The Bertz CT molecular complexity index is 872. The predicted octanol–water partition coefficient (Wildman–Crippen LogP) is 3.72. The Morgan fingerprint density at radius 2 is 1.59 bits per heavy atom. The quantitative estimate of drug-likeness (QED) is 0.605. The fraction of sp³-hybridized carbons (Fsp3) is 0.654. The van der Waals surface area contributed by atoms with Crippen molar-refractivity contribution in [3.8, 4) is 0 Å². The normalized spacial score (nSPS) is 29.0. The first-order valence-corrected chi connectivity index (χ1v) is 12.1. The summed E-state index contributed by atoms with van der Waals surface area (Å²) in [7, 11) is 0. The summed E-state index contributed by atoms with van der Waals surface area (Å²) in [5, 5.41) is 8.68. The van der Waals surface area contributed by atoms with Crippen molar-refractivity contribution in [2.24, 2.45) is 29.1 Å². The lowest BCUT2D eigenvalue weighted by Gasteiger charge is -2.55. The lowest BCUT2D eigenvalue weighted by Crippen LogP contribution is -2.58. The van der Waals surface area contributed by atoms with E-state index in [0.717, 1.165) is 36.1 Å². The topological polar surface area (TPSA) is 87.3 Å². The Kier molecular flexibility index (Phi) is 6.33. The van der Waals surface area contributed by atoms with Gasteiger partial charge in [0.2, 0.25) is 17.7 Å². The third-order valence-electron chi connectivity index (χ3n) is 8.06. The maximum Gasteiger partial charge on any atom is 0.243 e. The van der Waals surface area contributed by atoms with E-state index in [1.807, 2.05) is 45.9 Å². The van der Waals surface area contributed by atoms with Crippen LogP contribution in [0.2, 0.25) is 0 Å². The lowest BCUT2D eigenvalue weighted by atomic mass is 9.49. The number of hydrogen-bond donors (Lipinski definition) is 3. The molecule has 4 saturated carbocycles. The van der Waals surface area contributed by atoms with Crippen LogP contribution in [0.25, 0.3) is 0 Å².